The van der Waals surface area contributed by atoms with Crippen molar-refractivity contribution in [2.24, 2.45) is 5.41 Å². The molecule has 0 heterocycles. The van der Waals surface area contributed by atoms with Crippen molar-refractivity contribution in [2.45, 2.75) is 72.6 Å². The molecule has 0 aliphatic heterocycles. The van der Waals surface area contributed by atoms with Gasteiger partial charge in [-0.2, -0.15) is 0 Å². The van der Waals surface area contributed by atoms with Gasteiger partial charge in [-0.25, -0.2) is 0 Å². The Balaban J connectivity index is 2.55. The minimum absolute atomic E-state index is 0.338. The summed E-state index contributed by atoms with van der Waals surface area (Å²) in [5, 5.41) is 0. The van der Waals surface area contributed by atoms with E-state index in [0.29, 0.717) is 11.2 Å². The second-order valence-corrected chi connectivity index (χ2v) is 5.65. The molecule has 0 saturated carbocycles. The van der Waals surface area contributed by atoms with Gasteiger partial charge >= 0.3 is 0 Å². The molecule has 1 rings (SSSR count). The zero-order valence-electron chi connectivity index (χ0n) is 11.4. The van der Waals surface area contributed by atoms with Crippen LogP contribution in [0.15, 0.2) is 11.1 Å². The van der Waals surface area contributed by atoms with Gasteiger partial charge in [0.15, 0.2) is 0 Å². The van der Waals surface area contributed by atoms with Crippen LogP contribution < -0.4 is 0 Å². The molecule has 0 saturated heterocycles. The van der Waals surface area contributed by atoms with Gasteiger partial charge in [0.2, 0.25) is 0 Å². The van der Waals surface area contributed by atoms with E-state index in [1.807, 2.05) is 0 Å². The average molecular weight is 222 g/mol. The summed E-state index contributed by atoms with van der Waals surface area (Å²) in [6, 6.07) is 0. The third-order valence-electron chi connectivity index (χ3n) is 4.38. The SMILES string of the molecule is CCC1(CCCC(C)=O)CCC(C)=C(C)C1. The minimum Gasteiger partial charge on any atom is -0.300 e. The Bertz CT molecular complexity index is 288. The van der Waals surface area contributed by atoms with Crippen LogP contribution in [0.4, 0.5) is 0 Å². The van der Waals surface area contributed by atoms with Gasteiger partial charge < -0.3 is 4.79 Å². The summed E-state index contributed by atoms with van der Waals surface area (Å²) in [6.45, 7) is 8.56. The van der Waals surface area contributed by atoms with E-state index in [4.69, 9.17) is 0 Å². The first-order valence-electron chi connectivity index (χ1n) is 6.64. The van der Waals surface area contributed by atoms with E-state index in [-0.39, 0.29) is 0 Å². The number of Topliss-reactive ketones (excluding diaryl/α,β-unsaturated/α-hetero) is 1. The first-order chi connectivity index (χ1) is 7.49. The lowest BCUT2D eigenvalue weighted by Crippen LogP contribution is -2.24. The molecule has 16 heavy (non-hydrogen) atoms. The van der Waals surface area contributed by atoms with Gasteiger partial charge in [0.05, 0.1) is 0 Å². The molecule has 1 nitrogen and oxygen atoms in total. The molecular weight excluding hydrogens is 196 g/mol. The summed E-state index contributed by atoms with van der Waals surface area (Å²) >= 11 is 0. The van der Waals surface area contributed by atoms with Crippen molar-refractivity contribution in [3.05, 3.63) is 11.1 Å². The lowest BCUT2D eigenvalue weighted by molar-refractivity contribution is -0.117. The Morgan fingerprint density at radius 1 is 1.31 bits per heavy atom. The zero-order valence-corrected chi connectivity index (χ0v) is 11.4. The molecule has 1 heteroatoms. The standard InChI is InChI=1S/C15H26O/c1-5-15(9-6-7-14(4)16)10-8-12(2)13(3)11-15/h5-11H2,1-4H3. The molecule has 0 bridgehead atoms. The summed E-state index contributed by atoms with van der Waals surface area (Å²) in [7, 11) is 0. The van der Waals surface area contributed by atoms with Crippen molar-refractivity contribution < 1.29 is 4.79 Å². The molecule has 0 radical (unpaired) electrons. The Kier molecular flexibility index (Phi) is 4.76. The van der Waals surface area contributed by atoms with Crippen molar-refractivity contribution in [1.82, 2.24) is 0 Å². The van der Waals surface area contributed by atoms with Crippen molar-refractivity contribution >= 4 is 5.78 Å². The highest BCUT2D eigenvalue weighted by molar-refractivity contribution is 5.75. The maximum atomic E-state index is 11.0. The summed E-state index contributed by atoms with van der Waals surface area (Å²) in [6.07, 6.45) is 8.18. The van der Waals surface area contributed by atoms with Crippen LogP contribution in [0.5, 0.6) is 0 Å². The van der Waals surface area contributed by atoms with E-state index in [2.05, 4.69) is 20.8 Å². The monoisotopic (exact) mass is 222 g/mol. The van der Waals surface area contributed by atoms with E-state index >= 15 is 0 Å². The summed E-state index contributed by atoms with van der Waals surface area (Å²) in [5.41, 5.74) is 3.69. The van der Waals surface area contributed by atoms with Crippen LogP contribution in [0.3, 0.4) is 0 Å². The molecule has 1 unspecified atom stereocenters. The molecule has 0 spiro atoms. The Hall–Kier alpha value is -0.590. The number of ketones is 1. The number of hydrogen-bond donors (Lipinski definition) is 0. The second-order valence-electron chi connectivity index (χ2n) is 5.65. The molecule has 0 aromatic rings. The Morgan fingerprint density at radius 2 is 2.00 bits per heavy atom. The van der Waals surface area contributed by atoms with E-state index in [1.54, 1.807) is 18.1 Å². The summed E-state index contributed by atoms with van der Waals surface area (Å²) < 4.78 is 0. The molecular formula is C15H26O. The predicted octanol–water partition coefficient (Wildman–Crippen LogP) is 4.66. The van der Waals surface area contributed by atoms with E-state index in [0.717, 1.165) is 12.8 Å². The molecule has 0 N–H and O–H groups in total. The third-order valence-corrected chi connectivity index (χ3v) is 4.38. The molecule has 1 atom stereocenters. The Morgan fingerprint density at radius 3 is 2.50 bits per heavy atom. The summed E-state index contributed by atoms with van der Waals surface area (Å²) in [5.74, 6) is 0.338. The molecule has 0 amide bonds. The van der Waals surface area contributed by atoms with Gasteiger partial charge in [0, 0.05) is 6.42 Å². The van der Waals surface area contributed by atoms with Gasteiger partial charge in [-0.3, -0.25) is 0 Å². The number of carbonyl (C=O) groups excluding carboxylic acids is 1. The lowest BCUT2D eigenvalue weighted by Gasteiger charge is -2.38. The fourth-order valence-electron chi connectivity index (χ4n) is 2.87. The van der Waals surface area contributed by atoms with Crippen LogP contribution in [0, 0.1) is 5.41 Å². The largest absolute Gasteiger partial charge is 0.300 e. The third kappa shape index (κ3) is 3.47. The molecule has 0 aromatic carbocycles. The van der Waals surface area contributed by atoms with Crippen molar-refractivity contribution in [3.63, 3.8) is 0 Å². The van der Waals surface area contributed by atoms with Crippen LogP contribution in [0.1, 0.15) is 72.6 Å². The number of hydrogen-bond acceptors (Lipinski definition) is 1. The molecule has 92 valence electrons. The van der Waals surface area contributed by atoms with Gasteiger partial charge in [0.1, 0.15) is 5.78 Å². The highest BCUT2D eigenvalue weighted by Gasteiger charge is 2.31. The zero-order chi connectivity index (χ0) is 12.2. The van der Waals surface area contributed by atoms with Gasteiger partial charge in [-0.15, -0.1) is 0 Å². The quantitative estimate of drug-likeness (QED) is 0.618. The topological polar surface area (TPSA) is 17.1 Å². The smallest absolute Gasteiger partial charge is 0.129 e. The van der Waals surface area contributed by atoms with Gasteiger partial charge in [0.25, 0.3) is 0 Å². The van der Waals surface area contributed by atoms with Crippen LogP contribution in [-0.2, 0) is 4.79 Å². The van der Waals surface area contributed by atoms with Crippen LogP contribution in [0.25, 0.3) is 0 Å². The summed E-state index contributed by atoms with van der Waals surface area (Å²) in [4.78, 5) is 11.0. The number of carbonyl (C=O) groups is 1. The maximum Gasteiger partial charge on any atom is 0.129 e. The highest BCUT2D eigenvalue weighted by Crippen LogP contribution is 2.45. The molecule has 0 aromatic heterocycles. The predicted molar refractivity (Wildman–Crippen MR) is 69.5 cm³/mol. The lowest BCUT2D eigenvalue weighted by atomic mass is 9.68. The second kappa shape index (κ2) is 5.65. The highest BCUT2D eigenvalue weighted by atomic mass is 16.1. The fourth-order valence-corrected chi connectivity index (χ4v) is 2.87. The maximum absolute atomic E-state index is 11.0. The molecule has 0 fully saturated rings. The first-order valence-corrected chi connectivity index (χ1v) is 6.64. The van der Waals surface area contributed by atoms with Crippen LogP contribution >= 0.6 is 0 Å². The van der Waals surface area contributed by atoms with Crippen molar-refractivity contribution in [1.29, 1.82) is 0 Å². The fraction of sp³-hybridized carbons (Fsp3) is 0.800. The van der Waals surface area contributed by atoms with Crippen LogP contribution in [-0.4, -0.2) is 5.78 Å². The first kappa shape index (κ1) is 13.5. The normalized spacial score (nSPS) is 26.0. The minimum atomic E-state index is 0.338. The molecule has 1 aliphatic rings. The average Bonchev–Trinajstić information content (AvgIpc) is 2.23. The van der Waals surface area contributed by atoms with E-state index in [1.165, 1.54) is 32.1 Å². The van der Waals surface area contributed by atoms with Crippen molar-refractivity contribution in [3.8, 4) is 0 Å². The van der Waals surface area contributed by atoms with Crippen molar-refractivity contribution in [2.75, 3.05) is 0 Å². The van der Waals surface area contributed by atoms with E-state index in [9.17, 15) is 4.79 Å². The van der Waals surface area contributed by atoms with Crippen LogP contribution in [0.2, 0.25) is 0 Å². The van der Waals surface area contributed by atoms with Gasteiger partial charge in [-0.1, -0.05) is 24.5 Å². The number of rotatable bonds is 5. The van der Waals surface area contributed by atoms with E-state index < -0.39 is 0 Å². The van der Waals surface area contributed by atoms with Gasteiger partial charge in [-0.05, 0) is 58.3 Å². The number of allylic oxidation sites excluding steroid dienone is 2. The molecule has 1 aliphatic carbocycles. The Labute approximate surface area is 100 Å².